The second-order valence-corrected chi connectivity index (χ2v) is 2.54. The van der Waals surface area contributed by atoms with Crippen LogP contribution in [0.1, 0.15) is 0 Å². The lowest BCUT2D eigenvalue weighted by molar-refractivity contribution is 0.588. The second kappa shape index (κ2) is 4.35. The van der Waals surface area contributed by atoms with E-state index >= 15 is 0 Å². The maximum Gasteiger partial charge on any atom is 0.223 e. The zero-order valence-corrected chi connectivity index (χ0v) is 4.60. The molecule has 0 fully saturated rings. The summed E-state index contributed by atoms with van der Waals surface area (Å²) in [5, 5.41) is 0. The quantitative estimate of drug-likeness (QED) is 0.422. The summed E-state index contributed by atoms with van der Waals surface area (Å²) in [4.78, 5) is 15.9. The van der Waals surface area contributed by atoms with Crippen molar-refractivity contribution in [3.05, 3.63) is 0 Å². The molecule has 0 saturated heterocycles. The van der Waals surface area contributed by atoms with Gasteiger partial charge in [0.2, 0.25) is 19.5 Å². The lowest BCUT2D eigenvalue weighted by atomic mass is 11.9. The number of hydrogen-bond donors (Lipinski definition) is 2. The van der Waals surface area contributed by atoms with Crippen LogP contribution in [-0.2, 0) is 0 Å². The van der Waals surface area contributed by atoms with Crippen LogP contribution in [0.2, 0.25) is 5.67 Å². The van der Waals surface area contributed by atoms with Crippen LogP contribution in [0, 0.1) is 0 Å². The first kappa shape index (κ1) is 5.35. The Morgan fingerprint density at radius 3 is 1.60 bits per heavy atom. The molecule has 0 unspecified atom stereocenters. The first-order chi connectivity index (χ1) is 2.41. The minimum atomic E-state index is -0.0799. The Hall–Kier alpha value is 0.354. The van der Waals surface area contributed by atoms with Gasteiger partial charge in [-0.05, 0) is 5.67 Å². The van der Waals surface area contributed by atoms with E-state index in [1.165, 1.54) is 0 Å². The largest absolute Gasteiger partial charge is 0.432 e. The fourth-order valence-corrected chi connectivity index (χ4v) is 0.318. The minimum absolute atomic E-state index is 0.0799. The monoisotopic (exact) mass is 104 g/mol. The van der Waals surface area contributed by atoms with E-state index in [1.807, 2.05) is 0 Å². The van der Waals surface area contributed by atoms with E-state index in [9.17, 15) is 0 Å². The van der Waals surface area contributed by atoms with Crippen LogP contribution in [0.3, 0.4) is 0 Å². The highest BCUT2D eigenvalue weighted by atomic mass is 28.3. The average molecular weight is 104 g/mol. The molecule has 0 aromatic heterocycles. The van der Waals surface area contributed by atoms with Gasteiger partial charge in [-0.25, -0.2) is 0 Å². The zero-order valence-electron chi connectivity index (χ0n) is 2.60. The van der Waals surface area contributed by atoms with Gasteiger partial charge in [-0.2, -0.15) is 0 Å². The molecule has 0 aromatic rings. The molecule has 0 aromatic carbocycles. The van der Waals surface area contributed by atoms with Crippen LogP contribution in [0.4, 0.5) is 0 Å². The van der Waals surface area contributed by atoms with Crippen LogP contribution >= 0.6 is 0 Å². The predicted octanol–water partition coefficient (Wildman–Crippen LogP) is -1.41. The van der Waals surface area contributed by atoms with Gasteiger partial charge >= 0.3 is 0 Å². The maximum atomic E-state index is 7.94. The fourth-order valence-electron chi connectivity index (χ4n) is 0.0354. The molecule has 4 heteroatoms. The molecule has 0 rings (SSSR count). The van der Waals surface area contributed by atoms with E-state index in [0.717, 1.165) is 0 Å². The smallest absolute Gasteiger partial charge is 0.223 e. The van der Waals surface area contributed by atoms with Crippen LogP contribution in [0.25, 0.3) is 0 Å². The molecule has 0 aliphatic rings. The Morgan fingerprint density at radius 1 is 1.20 bits per heavy atom. The molecule has 5 heavy (non-hydrogen) atoms. The molecule has 2 nitrogen and oxygen atoms in total. The van der Waals surface area contributed by atoms with Gasteiger partial charge < -0.3 is 9.59 Å². The molecule has 0 bridgehead atoms. The lowest BCUT2D eigenvalue weighted by Gasteiger charge is -1.72. The van der Waals surface area contributed by atoms with E-state index in [4.69, 9.17) is 9.59 Å². The highest BCUT2D eigenvalue weighted by molar-refractivity contribution is 6.46. The van der Waals surface area contributed by atoms with Crippen molar-refractivity contribution in [1.29, 1.82) is 0 Å². The fraction of sp³-hybridized carbons (Fsp3) is 1.00. The summed E-state index contributed by atoms with van der Waals surface area (Å²) in [6.45, 7) is 0. The topological polar surface area (TPSA) is 40.5 Å². The Morgan fingerprint density at radius 2 is 1.60 bits per heavy atom. The summed E-state index contributed by atoms with van der Waals surface area (Å²) < 4.78 is 0. The SMILES string of the molecule is O[Si]C[Si]O. The van der Waals surface area contributed by atoms with Crippen LogP contribution < -0.4 is 0 Å². The summed E-state index contributed by atoms with van der Waals surface area (Å²) in [6.07, 6.45) is 0. The van der Waals surface area contributed by atoms with E-state index < -0.39 is 0 Å². The second-order valence-electron chi connectivity index (χ2n) is 0.493. The Labute approximate surface area is 35.7 Å². The molecular formula is CH4O2Si2. The Kier molecular flexibility index (Phi) is 4.66. The predicted molar refractivity (Wildman–Crippen MR) is 20.8 cm³/mol. The first-order valence-electron chi connectivity index (χ1n) is 1.15. The van der Waals surface area contributed by atoms with E-state index in [1.54, 1.807) is 0 Å². The normalized spacial score (nSPS) is 8.40. The lowest BCUT2D eigenvalue weighted by Crippen LogP contribution is -1.93. The zero-order chi connectivity index (χ0) is 4.12. The van der Waals surface area contributed by atoms with Crippen molar-refractivity contribution >= 4 is 19.5 Å². The van der Waals surface area contributed by atoms with Gasteiger partial charge in [-0.3, -0.25) is 0 Å². The van der Waals surface area contributed by atoms with Gasteiger partial charge in [-0.1, -0.05) is 0 Å². The molecule has 0 atom stereocenters. The van der Waals surface area contributed by atoms with Crippen molar-refractivity contribution in [1.82, 2.24) is 0 Å². The third-order valence-electron chi connectivity index (χ3n) is 0.158. The molecule has 0 aliphatic heterocycles. The summed E-state index contributed by atoms with van der Waals surface area (Å²) in [5.74, 6) is 0. The average Bonchev–Trinajstić information content (AvgIpc) is 1.41. The minimum Gasteiger partial charge on any atom is -0.432 e. The molecule has 0 amide bonds. The first-order valence-corrected chi connectivity index (χ1v) is 3.46. The number of hydrogen-bond acceptors (Lipinski definition) is 2. The van der Waals surface area contributed by atoms with E-state index in [2.05, 4.69) is 0 Å². The van der Waals surface area contributed by atoms with Crippen molar-refractivity contribution < 1.29 is 9.59 Å². The molecule has 2 N–H and O–H groups in total. The highest BCUT2D eigenvalue weighted by Gasteiger charge is 1.79. The number of rotatable bonds is 2. The molecule has 0 saturated carbocycles. The Bertz CT molecular complexity index is 15.1. The Balaban J connectivity index is 2.19. The molecule has 0 heterocycles. The van der Waals surface area contributed by atoms with Gasteiger partial charge in [0.15, 0.2) is 0 Å². The van der Waals surface area contributed by atoms with Crippen molar-refractivity contribution in [3.63, 3.8) is 0 Å². The van der Waals surface area contributed by atoms with E-state index in [-0.39, 0.29) is 19.5 Å². The molecule has 0 spiro atoms. The van der Waals surface area contributed by atoms with Crippen molar-refractivity contribution in [2.75, 3.05) is 0 Å². The third kappa shape index (κ3) is 4.35. The van der Waals surface area contributed by atoms with Crippen LogP contribution in [0.15, 0.2) is 0 Å². The standard InChI is InChI=1S/CH4O2Si2/c2-4-1-5-3/h2-3H,1H2. The van der Waals surface area contributed by atoms with E-state index in [0.29, 0.717) is 5.67 Å². The molecule has 28 valence electrons. The van der Waals surface area contributed by atoms with Gasteiger partial charge in [0.1, 0.15) is 0 Å². The summed E-state index contributed by atoms with van der Waals surface area (Å²) in [7, 11) is -0.160. The van der Waals surface area contributed by atoms with Crippen molar-refractivity contribution in [2.45, 2.75) is 5.67 Å². The third-order valence-corrected chi connectivity index (χ3v) is 1.42. The molecule has 0 aliphatic carbocycles. The van der Waals surface area contributed by atoms with Crippen molar-refractivity contribution in [3.8, 4) is 0 Å². The summed E-state index contributed by atoms with van der Waals surface area (Å²) >= 11 is 0. The van der Waals surface area contributed by atoms with Crippen LogP contribution in [0.5, 0.6) is 0 Å². The maximum absolute atomic E-state index is 7.94. The highest BCUT2D eigenvalue weighted by Crippen LogP contribution is 1.60. The van der Waals surface area contributed by atoms with Crippen molar-refractivity contribution in [2.24, 2.45) is 0 Å². The molecule has 4 radical (unpaired) electrons. The van der Waals surface area contributed by atoms with Gasteiger partial charge in [-0.15, -0.1) is 0 Å². The summed E-state index contributed by atoms with van der Waals surface area (Å²) in [6, 6.07) is 0. The van der Waals surface area contributed by atoms with Gasteiger partial charge in [0.05, 0.1) is 0 Å². The van der Waals surface area contributed by atoms with Crippen LogP contribution in [-0.4, -0.2) is 29.1 Å². The van der Waals surface area contributed by atoms with Gasteiger partial charge in [0.25, 0.3) is 0 Å². The molecular weight excluding hydrogens is 100 g/mol. The summed E-state index contributed by atoms with van der Waals surface area (Å²) in [5.41, 5.74) is 0.556. The van der Waals surface area contributed by atoms with Gasteiger partial charge in [0, 0.05) is 0 Å².